The molecule has 1 aliphatic carbocycles. The largest absolute Gasteiger partial charge is 0.489 e. The van der Waals surface area contributed by atoms with Crippen molar-refractivity contribution >= 4 is 34.0 Å². The van der Waals surface area contributed by atoms with Gasteiger partial charge < -0.3 is 15.0 Å². The zero-order valence-corrected chi connectivity index (χ0v) is 16.9. The SMILES string of the molecule is O=c1[nH]ccc2cc(O[C@H]3CC[C@@H](NCc4cccc(Cl)c4)CC3)c(Cl)cc12. The number of fused-ring (bicyclic) bond motifs is 1. The monoisotopic (exact) mass is 416 g/mol. The van der Waals surface area contributed by atoms with E-state index in [1.54, 1.807) is 12.3 Å². The Kier molecular flexibility index (Phi) is 5.90. The Morgan fingerprint density at radius 1 is 1.07 bits per heavy atom. The molecule has 6 heteroatoms. The number of hydrogen-bond acceptors (Lipinski definition) is 3. The number of pyridine rings is 1. The minimum absolute atomic E-state index is 0.140. The summed E-state index contributed by atoms with van der Waals surface area (Å²) in [4.78, 5) is 14.5. The van der Waals surface area contributed by atoms with Crippen LogP contribution in [0, 0.1) is 0 Å². The van der Waals surface area contributed by atoms with E-state index in [1.165, 1.54) is 5.56 Å². The Balaban J connectivity index is 1.34. The van der Waals surface area contributed by atoms with Crippen LogP contribution in [0.25, 0.3) is 10.8 Å². The molecule has 0 amide bonds. The van der Waals surface area contributed by atoms with Crippen molar-refractivity contribution in [2.24, 2.45) is 0 Å². The quantitative estimate of drug-likeness (QED) is 0.591. The Labute approximate surface area is 173 Å². The van der Waals surface area contributed by atoms with Gasteiger partial charge in [-0.1, -0.05) is 35.3 Å². The molecular formula is C22H22Cl2N2O2. The van der Waals surface area contributed by atoms with Crippen LogP contribution < -0.4 is 15.6 Å². The predicted molar refractivity (Wildman–Crippen MR) is 115 cm³/mol. The summed E-state index contributed by atoms with van der Waals surface area (Å²) in [6.07, 6.45) is 5.82. The van der Waals surface area contributed by atoms with Crippen LogP contribution in [0.1, 0.15) is 31.2 Å². The molecule has 1 heterocycles. The number of H-pyrrole nitrogens is 1. The van der Waals surface area contributed by atoms with Crippen molar-refractivity contribution in [3.8, 4) is 5.75 Å². The molecule has 0 saturated heterocycles. The van der Waals surface area contributed by atoms with Gasteiger partial charge in [0.05, 0.1) is 11.1 Å². The fourth-order valence-corrected chi connectivity index (χ4v) is 4.17. The highest BCUT2D eigenvalue weighted by Gasteiger charge is 2.23. The summed E-state index contributed by atoms with van der Waals surface area (Å²) in [6, 6.07) is 13.8. The van der Waals surface area contributed by atoms with Crippen molar-refractivity contribution in [2.45, 2.75) is 44.4 Å². The number of nitrogens with one attached hydrogen (secondary N) is 2. The highest BCUT2D eigenvalue weighted by Crippen LogP contribution is 2.32. The summed E-state index contributed by atoms with van der Waals surface area (Å²) in [6.45, 7) is 0.821. The third-order valence-corrected chi connectivity index (χ3v) is 5.81. The average Bonchev–Trinajstić information content (AvgIpc) is 2.69. The van der Waals surface area contributed by atoms with Gasteiger partial charge >= 0.3 is 0 Å². The Bertz CT molecular complexity index is 1030. The van der Waals surface area contributed by atoms with Crippen LogP contribution in [-0.4, -0.2) is 17.1 Å². The molecule has 3 aromatic rings. The van der Waals surface area contributed by atoms with E-state index < -0.39 is 0 Å². The minimum Gasteiger partial charge on any atom is -0.489 e. The van der Waals surface area contributed by atoms with E-state index in [0.717, 1.165) is 42.6 Å². The van der Waals surface area contributed by atoms with Crippen molar-refractivity contribution in [3.05, 3.63) is 74.6 Å². The maximum atomic E-state index is 11.9. The average molecular weight is 417 g/mol. The summed E-state index contributed by atoms with van der Waals surface area (Å²) in [7, 11) is 0. The second-order valence-electron chi connectivity index (χ2n) is 7.28. The molecule has 0 unspecified atom stereocenters. The van der Waals surface area contributed by atoms with Crippen molar-refractivity contribution in [1.29, 1.82) is 0 Å². The van der Waals surface area contributed by atoms with E-state index in [-0.39, 0.29) is 11.7 Å². The molecule has 0 spiro atoms. The first-order valence-corrected chi connectivity index (χ1v) is 10.3. The molecule has 1 saturated carbocycles. The van der Waals surface area contributed by atoms with E-state index in [2.05, 4.69) is 16.4 Å². The molecule has 1 fully saturated rings. The van der Waals surface area contributed by atoms with Crippen LogP contribution in [0.3, 0.4) is 0 Å². The van der Waals surface area contributed by atoms with E-state index in [0.29, 0.717) is 22.2 Å². The molecule has 2 aromatic carbocycles. The van der Waals surface area contributed by atoms with Gasteiger partial charge in [0.1, 0.15) is 5.75 Å². The fourth-order valence-electron chi connectivity index (χ4n) is 3.75. The number of aromatic amines is 1. The molecule has 0 bridgehead atoms. The van der Waals surface area contributed by atoms with Gasteiger partial charge in [-0.05, 0) is 67.0 Å². The molecular weight excluding hydrogens is 395 g/mol. The maximum absolute atomic E-state index is 11.9. The lowest BCUT2D eigenvalue weighted by atomic mass is 9.92. The molecule has 0 aliphatic heterocycles. The van der Waals surface area contributed by atoms with E-state index >= 15 is 0 Å². The number of ether oxygens (including phenoxy) is 1. The third-order valence-electron chi connectivity index (χ3n) is 5.28. The summed E-state index contributed by atoms with van der Waals surface area (Å²) in [5.74, 6) is 0.648. The van der Waals surface area contributed by atoms with Crippen LogP contribution >= 0.6 is 23.2 Å². The third kappa shape index (κ3) is 4.52. The smallest absolute Gasteiger partial charge is 0.255 e. The van der Waals surface area contributed by atoms with Gasteiger partial charge in [-0.3, -0.25) is 4.79 Å². The van der Waals surface area contributed by atoms with Gasteiger partial charge in [0.2, 0.25) is 0 Å². The van der Waals surface area contributed by atoms with E-state index in [9.17, 15) is 4.79 Å². The number of halogens is 2. The van der Waals surface area contributed by atoms with Crippen molar-refractivity contribution in [2.75, 3.05) is 0 Å². The summed E-state index contributed by atoms with van der Waals surface area (Å²) >= 11 is 12.4. The number of rotatable bonds is 5. The lowest BCUT2D eigenvalue weighted by molar-refractivity contribution is 0.139. The minimum atomic E-state index is -0.141. The Hall–Kier alpha value is -2.01. The van der Waals surface area contributed by atoms with Gasteiger partial charge in [-0.15, -0.1) is 0 Å². The van der Waals surface area contributed by atoms with Gasteiger partial charge in [-0.25, -0.2) is 0 Å². The van der Waals surface area contributed by atoms with Crippen LogP contribution in [0.4, 0.5) is 0 Å². The van der Waals surface area contributed by atoms with Crippen molar-refractivity contribution < 1.29 is 4.74 Å². The van der Waals surface area contributed by atoms with Crippen LogP contribution in [0.2, 0.25) is 10.0 Å². The van der Waals surface area contributed by atoms with Crippen LogP contribution in [0.15, 0.2) is 53.5 Å². The Morgan fingerprint density at radius 2 is 1.89 bits per heavy atom. The molecule has 0 radical (unpaired) electrons. The predicted octanol–water partition coefficient (Wildman–Crippen LogP) is 5.31. The number of benzene rings is 2. The molecule has 1 aromatic heterocycles. The zero-order valence-electron chi connectivity index (χ0n) is 15.4. The first kappa shape index (κ1) is 19.3. The molecule has 2 N–H and O–H groups in total. The topological polar surface area (TPSA) is 54.1 Å². The van der Waals surface area contributed by atoms with Gasteiger partial charge in [-0.2, -0.15) is 0 Å². The van der Waals surface area contributed by atoms with Crippen LogP contribution in [0.5, 0.6) is 5.75 Å². The van der Waals surface area contributed by atoms with Crippen LogP contribution in [-0.2, 0) is 6.54 Å². The lowest BCUT2D eigenvalue weighted by Gasteiger charge is -2.30. The second-order valence-corrected chi connectivity index (χ2v) is 8.12. The number of hydrogen-bond donors (Lipinski definition) is 2. The number of aromatic nitrogens is 1. The standard InChI is InChI=1S/C22H22Cl2N2O2/c23-16-3-1-2-14(10-16)13-26-17-4-6-18(7-5-17)28-21-11-15-8-9-25-22(27)19(15)12-20(21)24/h1-3,8-12,17-18,26H,4-7,13H2,(H,25,27)/t17-,18+. The molecule has 146 valence electrons. The fraction of sp³-hybridized carbons (Fsp3) is 0.318. The summed E-state index contributed by atoms with van der Waals surface area (Å²) < 4.78 is 6.17. The maximum Gasteiger partial charge on any atom is 0.255 e. The van der Waals surface area contributed by atoms with Crippen molar-refractivity contribution in [3.63, 3.8) is 0 Å². The molecule has 4 nitrogen and oxygen atoms in total. The highest BCUT2D eigenvalue weighted by atomic mass is 35.5. The van der Waals surface area contributed by atoms with E-state index in [1.807, 2.05) is 30.3 Å². The van der Waals surface area contributed by atoms with E-state index in [4.69, 9.17) is 27.9 Å². The van der Waals surface area contributed by atoms with Gasteiger partial charge in [0, 0.05) is 29.2 Å². The lowest BCUT2D eigenvalue weighted by Crippen LogP contribution is -2.36. The molecule has 4 rings (SSSR count). The Morgan fingerprint density at radius 3 is 2.68 bits per heavy atom. The summed E-state index contributed by atoms with van der Waals surface area (Å²) in [5.41, 5.74) is 1.06. The molecule has 0 atom stereocenters. The first-order chi connectivity index (χ1) is 13.6. The normalized spacial score (nSPS) is 19.6. The molecule has 28 heavy (non-hydrogen) atoms. The van der Waals surface area contributed by atoms with Crippen molar-refractivity contribution in [1.82, 2.24) is 10.3 Å². The highest BCUT2D eigenvalue weighted by molar-refractivity contribution is 6.32. The zero-order chi connectivity index (χ0) is 19.5. The second kappa shape index (κ2) is 8.56. The first-order valence-electron chi connectivity index (χ1n) is 9.54. The molecule has 1 aliphatic rings. The van der Waals surface area contributed by atoms with Gasteiger partial charge in [0.15, 0.2) is 0 Å². The summed E-state index contributed by atoms with van der Waals surface area (Å²) in [5, 5.41) is 6.27. The van der Waals surface area contributed by atoms with Gasteiger partial charge in [0.25, 0.3) is 5.56 Å².